The number of carbonyl (C=O) groups excluding carboxylic acids is 1. The van der Waals surface area contributed by atoms with Gasteiger partial charge in [0.1, 0.15) is 0 Å². The molecule has 4 aromatic rings. The zero-order chi connectivity index (χ0) is 21.1. The first kappa shape index (κ1) is 19.7. The van der Waals surface area contributed by atoms with E-state index in [-0.39, 0.29) is 11.9 Å². The molecule has 0 aliphatic carbocycles. The van der Waals surface area contributed by atoms with Crippen molar-refractivity contribution in [1.82, 2.24) is 5.32 Å². The van der Waals surface area contributed by atoms with Gasteiger partial charge in [-0.3, -0.25) is 4.79 Å². The van der Waals surface area contributed by atoms with Crippen molar-refractivity contribution < 1.29 is 4.79 Å². The lowest BCUT2D eigenvalue weighted by Gasteiger charge is -2.17. The molecule has 3 heteroatoms. The molecule has 0 spiro atoms. The summed E-state index contributed by atoms with van der Waals surface area (Å²) in [4.78, 5) is 12.9. The monoisotopic (exact) mass is 394 g/mol. The van der Waals surface area contributed by atoms with E-state index < -0.39 is 0 Å². The van der Waals surface area contributed by atoms with Crippen LogP contribution in [0.1, 0.15) is 40.0 Å². The second kappa shape index (κ2) is 8.42. The summed E-state index contributed by atoms with van der Waals surface area (Å²) >= 11 is 0. The van der Waals surface area contributed by atoms with Gasteiger partial charge in [0.25, 0.3) is 5.91 Å². The van der Waals surface area contributed by atoms with Crippen LogP contribution in [0.4, 0.5) is 11.4 Å². The van der Waals surface area contributed by atoms with Gasteiger partial charge in [0.05, 0.1) is 6.04 Å². The number of aryl methyl sites for hydroxylation is 2. The van der Waals surface area contributed by atoms with E-state index >= 15 is 0 Å². The first-order chi connectivity index (χ1) is 14.5. The molecule has 0 heterocycles. The standard InChI is InChI=1S/C27H26N2O/c1-18-14-19(2)16-24(15-18)29-23-11-6-10-22(17-23)27(30)28-20(3)25-13-7-9-21-8-4-5-12-26(21)25/h4-17,20,29H,1-3H3,(H,28,30)/t20-/m1/s1. The van der Waals surface area contributed by atoms with Gasteiger partial charge >= 0.3 is 0 Å². The van der Waals surface area contributed by atoms with Crippen LogP contribution in [0.25, 0.3) is 10.8 Å². The molecule has 0 fully saturated rings. The quantitative estimate of drug-likeness (QED) is 0.396. The molecule has 0 bridgehead atoms. The molecule has 0 aromatic heterocycles. The Morgan fingerprint density at radius 3 is 2.27 bits per heavy atom. The van der Waals surface area contributed by atoms with E-state index in [4.69, 9.17) is 0 Å². The first-order valence-electron chi connectivity index (χ1n) is 10.2. The molecule has 0 unspecified atom stereocenters. The molecule has 0 aliphatic heterocycles. The predicted octanol–water partition coefficient (Wildman–Crippen LogP) is 6.69. The third-order valence-corrected chi connectivity index (χ3v) is 5.27. The number of hydrogen-bond acceptors (Lipinski definition) is 2. The molecule has 1 atom stereocenters. The maximum absolute atomic E-state index is 12.9. The minimum absolute atomic E-state index is 0.0838. The fourth-order valence-electron chi connectivity index (χ4n) is 3.94. The number of benzene rings is 4. The van der Waals surface area contributed by atoms with Gasteiger partial charge in [-0.2, -0.15) is 0 Å². The number of fused-ring (bicyclic) bond motifs is 1. The molecular weight excluding hydrogens is 368 g/mol. The highest BCUT2D eigenvalue weighted by Crippen LogP contribution is 2.25. The molecule has 0 radical (unpaired) electrons. The van der Waals surface area contributed by atoms with E-state index in [9.17, 15) is 4.79 Å². The van der Waals surface area contributed by atoms with Crippen LogP contribution < -0.4 is 10.6 Å². The zero-order valence-corrected chi connectivity index (χ0v) is 17.6. The smallest absolute Gasteiger partial charge is 0.251 e. The summed E-state index contributed by atoms with van der Waals surface area (Å²) in [7, 11) is 0. The number of amides is 1. The second-order valence-electron chi connectivity index (χ2n) is 7.85. The molecule has 1 amide bonds. The van der Waals surface area contributed by atoms with Crippen molar-refractivity contribution in [2.24, 2.45) is 0 Å². The van der Waals surface area contributed by atoms with Crippen molar-refractivity contribution in [3.8, 4) is 0 Å². The molecule has 150 valence electrons. The van der Waals surface area contributed by atoms with E-state index in [0.29, 0.717) is 5.56 Å². The van der Waals surface area contributed by atoms with E-state index in [0.717, 1.165) is 22.3 Å². The largest absolute Gasteiger partial charge is 0.355 e. The zero-order valence-electron chi connectivity index (χ0n) is 17.6. The van der Waals surface area contributed by atoms with Gasteiger partial charge in [0, 0.05) is 16.9 Å². The molecule has 30 heavy (non-hydrogen) atoms. The van der Waals surface area contributed by atoms with E-state index in [2.05, 4.69) is 66.9 Å². The fourth-order valence-corrected chi connectivity index (χ4v) is 3.94. The Bertz CT molecular complexity index is 1190. The highest BCUT2D eigenvalue weighted by atomic mass is 16.1. The summed E-state index contributed by atoms with van der Waals surface area (Å²) in [6.07, 6.45) is 0. The fraction of sp³-hybridized carbons (Fsp3) is 0.148. The van der Waals surface area contributed by atoms with Crippen LogP contribution in [0.2, 0.25) is 0 Å². The lowest BCUT2D eigenvalue weighted by Crippen LogP contribution is -2.26. The second-order valence-corrected chi connectivity index (χ2v) is 7.85. The van der Waals surface area contributed by atoms with Crippen molar-refractivity contribution in [2.75, 3.05) is 5.32 Å². The molecule has 0 saturated heterocycles. The summed E-state index contributed by atoms with van der Waals surface area (Å²) in [5.74, 6) is -0.0838. The number of carbonyl (C=O) groups is 1. The van der Waals surface area contributed by atoms with Gasteiger partial charge in [-0.15, -0.1) is 0 Å². The van der Waals surface area contributed by atoms with Gasteiger partial charge in [-0.25, -0.2) is 0 Å². The number of anilines is 2. The Morgan fingerprint density at radius 1 is 0.767 bits per heavy atom. The van der Waals surface area contributed by atoms with Crippen molar-refractivity contribution in [3.63, 3.8) is 0 Å². The summed E-state index contributed by atoms with van der Waals surface area (Å²) in [6.45, 7) is 6.19. The molecule has 0 aliphatic rings. The minimum atomic E-state index is -0.0976. The Hall–Kier alpha value is -3.59. The van der Waals surface area contributed by atoms with Gasteiger partial charge in [0.15, 0.2) is 0 Å². The minimum Gasteiger partial charge on any atom is -0.355 e. The Labute approximate surface area is 177 Å². The first-order valence-corrected chi connectivity index (χ1v) is 10.2. The van der Waals surface area contributed by atoms with Crippen molar-refractivity contribution in [2.45, 2.75) is 26.8 Å². The van der Waals surface area contributed by atoms with Crippen LogP contribution in [0.3, 0.4) is 0 Å². The summed E-state index contributed by atoms with van der Waals surface area (Å²) < 4.78 is 0. The van der Waals surface area contributed by atoms with E-state index in [1.165, 1.54) is 16.5 Å². The van der Waals surface area contributed by atoms with Crippen LogP contribution in [-0.2, 0) is 0 Å². The Kier molecular flexibility index (Phi) is 5.53. The number of rotatable bonds is 5. The third kappa shape index (κ3) is 4.36. The van der Waals surface area contributed by atoms with Crippen molar-refractivity contribution in [3.05, 3.63) is 107 Å². The van der Waals surface area contributed by atoms with Crippen LogP contribution >= 0.6 is 0 Å². The van der Waals surface area contributed by atoms with E-state index in [1.807, 2.05) is 49.4 Å². The Morgan fingerprint density at radius 2 is 1.47 bits per heavy atom. The van der Waals surface area contributed by atoms with Crippen LogP contribution in [0, 0.1) is 13.8 Å². The molecular formula is C27H26N2O. The van der Waals surface area contributed by atoms with Crippen LogP contribution in [0.15, 0.2) is 84.9 Å². The predicted molar refractivity (Wildman–Crippen MR) is 125 cm³/mol. The highest BCUT2D eigenvalue weighted by molar-refractivity contribution is 5.96. The summed E-state index contributed by atoms with van der Waals surface area (Å²) in [6, 6.07) is 28.3. The summed E-state index contributed by atoms with van der Waals surface area (Å²) in [5, 5.41) is 8.90. The lowest BCUT2D eigenvalue weighted by atomic mass is 9.99. The Balaban J connectivity index is 1.53. The molecule has 4 aromatic carbocycles. The molecule has 0 saturated carbocycles. The molecule has 3 nitrogen and oxygen atoms in total. The number of hydrogen-bond donors (Lipinski definition) is 2. The molecule has 4 rings (SSSR count). The average Bonchev–Trinajstić information content (AvgIpc) is 2.72. The van der Waals surface area contributed by atoms with Crippen molar-refractivity contribution in [1.29, 1.82) is 0 Å². The SMILES string of the molecule is Cc1cc(C)cc(Nc2cccc(C(=O)N[C@H](C)c3cccc4ccccc34)c2)c1. The van der Waals surface area contributed by atoms with Gasteiger partial charge < -0.3 is 10.6 Å². The maximum Gasteiger partial charge on any atom is 0.251 e. The van der Waals surface area contributed by atoms with Crippen LogP contribution in [-0.4, -0.2) is 5.91 Å². The van der Waals surface area contributed by atoms with Crippen molar-refractivity contribution >= 4 is 28.1 Å². The lowest BCUT2D eigenvalue weighted by molar-refractivity contribution is 0.0940. The third-order valence-electron chi connectivity index (χ3n) is 5.27. The van der Waals surface area contributed by atoms with Crippen LogP contribution in [0.5, 0.6) is 0 Å². The maximum atomic E-state index is 12.9. The van der Waals surface area contributed by atoms with E-state index in [1.54, 1.807) is 0 Å². The summed E-state index contributed by atoms with van der Waals surface area (Å²) in [5.41, 5.74) is 6.08. The topological polar surface area (TPSA) is 41.1 Å². The molecule has 2 N–H and O–H groups in total. The van der Waals surface area contributed by atoms with Gasteiger partial charge in [-0.1, -0.05) is 54.6 Å². The van der Waals surface area contributed by atoms with Gasteiger partial charge in [-0.05, 0) is 78.6 Å². The highest BCUT2D eigenvalue weighted by Gasteiger charge is 2.14. The normalized spacial score (nSPS) is 11.8. The average molecular weight is 395 g/mol. The van der Waals surface area contributed by atoms with Gasteiger partial charge in [0.2, 0.25) is 0 Å². The number of nitrogens with one attached hydrogen (secondary N) is 2.